The fourth-order valence-electron chi connectivity index (χ4n) is 3.15. The second-order valence-electron chi connectivity index (χ2n) is 7.20. The minimum Gasteiger partial charge on any atom is -0.481 e. The van der Waals surface area contributed by atoms with Crippen LogP contribution in [0.4, 0.5) is 0 Å². The molecule has 1 atom stereocenters. The molecule has 1 aliphatic rings. The third-order valence-corrected chi connectivity index (χ3v) is 5.56. The maximum atomic E-state index is 10.7. The SMILES string of the molecule is CCCCCc1ccc(C(C)CC(=O)O)cc1Br.NC1CCCCC1. The van der Waals surface area contributed by atoms with Crippen molar-refractivity contribution in [1.82, 2.24) is 0 Å². The van der Waals surface area contributed by atoms with E-state index in [1.54, 1.807) is 0 Å². The molecule has 1 aromatic rings. The van der Waals surface area contributed by atoms with Gasteiger partial charge in [0.1, 0.15) is 0 Å². The number of carbonyl (C=O) groups is 1. The van der Waals surface area contributed by atoms with Crippen LogP contribution in [0.1, 0.15) is 88.7 Å². The van der Waals surface area contributed by atoms with Gasteiger partial charge in [0, 0.05) is 10.5 Å². The number of hydrogen-bond donors (Lipinski definition) is 2. The molecule has 1 unspecified atom stereocenters. The molecule has 1 aliphatic carbocycles. The molecule has 0 spiro atoms. The first-order valence-electron chi connectivity index (χ1n) is 9.69. The quantitative estimate of drug-likeness (QED) is 0.537. The normalized spacial score (nSPS) is 16.0. The Morgan fingerprint density at radius 2 is 1.96 bits per heavy atom. The lowest BCUT2D eigenvalue weighted by molar-refractivity contribution is -0.137. The summed E-state index contributed by atoms with van der Waals surface area (Å²) in [6, 6.07) is 6.77. The van der Waals surface area contributed by atoms with Crippen LogP contribution in [0.2, 0.25) is 0 Å². The Labute approximate surface area is 161 Å². The second kappa shape index (κ2) is 12.5. The first kappa shape index (κ1) is 22.2. The van der Waals surface area contributed by atoms with Crippen molar-refractivity contribution in [1.29, 1.82) is 0 Å². The van der Waals surface area contributed by atoms with Crippen LogP contribution in [-0.4, -0.2) is 17.1 Å². The molecule has 3 N–H and O–H groups in total. The summed E-state index contributed by atoms with van der Waals surface area (Å²) in [5, 5.41) is 8.80. The molecule has 1 aromatic carbocycles. The van der Waals surface area contributed by atoms with Gasteiger partial charge in [-0.05, 0) is 48.8 Å². The molecule has 25 heavy (non-hydrogen) atoms. The Balaban J connectivity index is 0.000000370. The van der Waals surface area contributed by atoms with E-state index < -0.39 is 5.97 Å². The van der Waals surface area contributed by atoms with E-state index in [1.165, 1.54) is 56.9 Å². The molecule has 0 bridgehead atoms. The van der Waals surface area contributed by atoms with Crippen molar-refractivity contribution in [3.8, 4) is 0 Å². The standard InChI is InChI=1S/C15H21BrO2.C6H13N/c1-3-4-5-6-12-7-8-13(10-14(12)16)11(2)9-15(17)18;7-6-4-2-1-3-5-6/h7-8,10-11H,3-6,9H2,1-2H3,(H,17,18);6H,1-5,7H2. The van der Waals surface area contributed by atoms with E-state index >= 15 is 0 Å². The van der Waals surface area contributed by atoms with Gasteiger partial charge in [0.2, 0.25) is 0 Å². The summed E-state index contributed by atoms with van der Waals surface area (Å²) in [6.07, 6.45) is 11.6. The van der Waals surface area contributed by atoms with Gasteiger partial charge in [-0.15, -0.1) is 0 Å². The first-order valence-corrected chi connectivity index (χ1v) is 10.5. The number of nitrogens with two attached hydrogens (primary N) is 1. The van der Waals surface area contributed by atoms with Crippen LogP contribution in [0.5, 0.6) is 0 Å². The lowest BCUT2D eigenvalue weighted by atomic mass is 9.96. The molecule has 0 aromatic heterocycles. The van der Waals surface area contributed by atoms with Gasteiger partial charge in [-0.3, -0.25) is 4.79 Å². The maximum absolute atomic E-state index is 10.7. The summed E-state index contributed by atoms with van der Waals surface area (Å²) in [5.74, 6) is -0.686. The van der Waals surface area contributed by atoms with E-state index in [-0.39, 0.29) is 12.3 Å². The van der Waals surface area contributed by atoms with Crippen molar-refractivity contribution in [2.24, 2.45) is 5.73 Å². The summed E-state index contributed by atoms with van der Waals surface area (Å²) in [4.78, 5) is 10.7. The molecular formula is C21H34BrNO2. The fourth-order valence-corrected chi connectivity index (χ4v) is 3.75. The average molecular weight is 412 g/mol. The van der Waals surface area contributed by atoms with Gasteiger partial charge in [0.15, 0.2) is 0 Å². The highest BCUT2D eigenvalue weighted by Gasteiger charge is 2.11. The molecule has 0 saturated heterocycles. The van der Waals surface area contributed by atoms with Crippen molar-refractivity contribution in [2.45, 2.75) is 90.0 Å². The smallest absolute Gasteiger partial charge is 0.303 e. The highest BCUT2D eigenvalue weighted by atomic mass is 79.9. The summed E-state index contributed by atoms with van der Waals surface area (Å²) in [5.41, 5.74) is 8.04. The van der Waals surface area contributed by atoms with Gasteiger partial charge in [-0.25, -0.2) is 0 Å². The lowest BCUT2D eigenvalue weighted by Crippen LogP contribution is -2.22. The third kappa shape index (κ3) is 9.41. The third-order valence-electron chi connectivity index (χ3n) is 4.83. The minimum atomic E-state index is -0.745. The lowest BCUT2D eigenvalue weighted by Gasteiger charge is -2.15. The van der Waals surface area contributed by atoms with Crippen LogP contribution in [0.3, 0.4) is 0 Å². The van der Waals surface area contributed by atoms with E-state index in [0.29, 0.717) is 6.04 Å². The minimum absolute atomic E-state index is 0.0588. The molecule has 4 heteroatoms. The van der Waals surface area contributed by atoms with Crippen molar-refractivity contribution in [3.63, 3.8) is 0 Å². The average Bonchev–Trinajstić information content (AvgIpc) is 2.57. The fraction of sp³-hybridized carbons (Fsp3) is 0.667. The van der Waals surface area contributed by atoms with Crippen molar-refractivity contribution >= 4 is 21.9 Å². The molecule has 3 nitrogen and oxygen atoms in total. The monoisotopic (exact) mass is 411 g/mol. The summed E-state index contributed by atoms with van der Waals surface area (Å²) in [6.45, 7) is 4.15. The number of unbranched alkanes of at least 4 members (excludes halogenated alkanes) is 2. The van der Waals surface area contributed by atoms with E-state index in [0.717, 1.165) is 16.5 Å². The molecule has 1 fully saturated rings. The van der Waals surface area contributed by atoms with Gasteiger partial charge < -0.3 is 10.8 Å². The number of rotatable bonds is 7. The molecule has 2 rings (SSSR count). The van der Waals surface area contributed by atoms with Gasteiger partial charge in [-0.2, -0.15) is 0 Å². The van der Waals surface area contributed by atoms with Crippen LogP contribution in [0.15, 0.2) is 22.7 Å². The molecule has 0 heterocycles. The topological polar surface area (TPSA) is 63.3 Å². The molecule has 0 amide bonds. The van der Waals surface area contributed by atoms with Gasteiger partial charge in [0.25, 0.3) is 0 Å². The summed E-state index contributed by atoms with van der Waals surface area (Å²) in [7, 11) is 0. The van der Waals surface area contributed by atoms with Crippen molar-refractivity contribution in [2.75, 3.05) is 0 Å². The Morgan fingerprint density at radius 3 is 2.44 bits per heavy atom. The van der Waals surface area contributed by atoms with Gasteiger partial charge in [0.05, 0.1) is 6.42 Å². The zero-order valence-electron chi connectivity index (χ0n) is 15.8. The zero-order chi connectivity index (χ0) is 18.7. The van der Waals surface area contributed by atoms with Gasteiger partial charge in [-0.1, -0.05) is 74.0 Å². The van der Waals surface area contributed by atoms with Crippen LogP contribution in [-0.2, 0) is 11.2 Å². The summed E-state index contributed by atoms with van der Waals surface area (Å²) < 4.78 is 1.10. The molecule has 1 saturated carbocycles. The number of halogens is 1. The highest BCUT2D eigenvalue weighted by molar-refractivity contribution is 9.10. The zero-order valence-corrected chi connectivity index (χ0v) is 17.4. The van der Waals surface area contributed by atoms with Crippen LogP contribution in [0.25, 0.3) is 0 Å². The number of aliphatic carboxylic acids is 1. The summed E-state index contributed by atoms with van der Waals surface area (Å²) >= 11 is 3.59. The van der Waals surface area contributed by atoms with Crippen LogP contribution in [0, 0.1) is 0 Å². The molecule has 0 aliphatic heterocycles. The Hall–Kier alpha value is -0.870. The Kier molecular flexibility index (Phi) is 11.1. The molecular weight excluding hydrogens is 378 g/mol. The number of hydrogen-bond acceptors (Lipinski definition) is 2. The molecule has 0 radical (unpaired) electrons. The second-order valence-corrected chi connectivity index (χ2v) is 8.06. The largest absolute Gasteiger partial charge is 0.481 e. The van der Waals surface area contributed by atoms with E-state index in [1.807, 2.05) is 6.92 Å². The molecule has 142 valence electrons. The van der Waals surface area contributed by atoms with Gasteiger partial charge >= 0.3 is 5.97 Å². The predicted octanol–water partition coefficient (Wildman–Crippen LogP) is 6.04. The Bertz CT molecular complexity index is 513. The number of carboxylic acids is 1. The van der Waals surface area contributed by atoms with Crippen molar-refractivity contribution in [3.05, 3.63) is 33.8 Å². The van der Waals surface area contributed by atoms with E-state index in [9.17, 15) is 4.79 Å². The number of benzene rings is 1. The maximum Gasteiger partial charge on any atom is 0.303 e. The van der Waals surface area contributed by atoms with Crippen molar-refractivity contribution < 1.29 is 9.90 Å². The highest BCUT2D eigenvalue weighted by Crippen LogP contribution is 2.26. The van der Waals surface area contributed by atoms with Crippen LogP contribution >= 0.6 is 15.9 Å². The first-order chi connectivity index (χ1) is 11.9. The predicted molar refractivity (Wildman–Crippen MR) is 109 cm³/mol. The van der Waals surface area contributed by atoms with E-state index in [2.05, 4.69) is 41.1 Å². The van der Waals surface area contributed by atoms with Crippen LogP contribution < -0.4 is 5.73 Å². The number of carboxylic acid groups (broad SMARTS) is 1. The number of aryl methyl sites for hydroxylation is 1. The van der Waals surface area contributed by atoms with E-state index in [4.69, 9.17) is 10.8 Å². The Morgan fingerprint density at radius 1 is 1.28 bits per heavy atom.